The van der Waals surface area contributed by atoms with Crippen LogP contribution in [0.25, 0.3) is 0 Å². The van der Waals surface area contributed by atoms with Crippen molar-refractivity contribution in [1.82, 2.24) is 14.9 Å². The van der Waals surface area contributed by atoms with Crippen molar-refractivity contribution in [2.24, 2.45) is 0 Å². The maximum atomic E-state index is 4.09. The van der Waals surface area contributed by atoms with Crippen LogP contribution < -0.4 is 5.32 Å². The number of nitrogens with zero attached hydrogens (tertiary/aromatic N) is 2. The second-order valence-electron chi connectivity index (χ2n) is 4.46. The van der Waals surface area contributed by atoms with E-state index in [9.17, 15) is 0 Å². The van der Waals surface area contributed by atoms with Crippen LogP contribution in [-0.2, 0) is 13.0 Å². The molecule has 0 spiro atoms. The Morgan fingerprint density at radius 2 is 2.00 bits per heavy atom. The summed E-state index contributed by atoms with van der Waals surface area (Å²) >= 11 is 0. The monoisotopic (exact) mass is 243 g/mol. The number of hydrogen-bond donors (Lipinski definition) is 1. The molecule has 1 unspecified atom stereocenters. The lowest BCUT2D eigenvalue weighted by atomic mass is 10.0. The molecule has 0 aliphatic carbocycles. The summed E-state index contributed by atoms with van der Waals surface area (Å²) in [4.78, 5) is 4.09. The van der Waals surface area contributed by atoms with Gasteiger partial charge >= 0.3 is 0 Å². The van der Waals surface area contributed by atoms with Gasteiger partial charge in [0, 0.05) is 18.9 Å². The van der Waals surface area contributed by atoms with Crippen molar-refractivity contribution in [1.29, 1.82) is 0 Å². The highest BCUT2D eigenvalue weighted by Gasteiger charge is 2.10. The number of aryl methyl sites for hydroxylation is 1. The molecule has 0 fully saturated rings. The summed E-state index contributed by atoms with van der Waals surface area (Å²) < 4.78 is 2.11. The Bertz CT molecular complexity index is 445. The zero-order chi connectivity index (χ0) is 12.8. The number of likely N-dealkylation sites (N-methyl/N-ethyl adjacent to an activating group) is 1. The number of imidazole rings is 1. The molecule has 3 heteroatoms. The average Bonchev–Trinajstić information content (AvgIpc) is 2.91. The van der Waals surface area contributed by atoms with Crippen molar-refractivity contribution in [3.05, 3.63) is 54.1 Å². The van der Waals surface area contributed by atoms with Gasteiger partial charge in [-0.2, -0.15) is 0 Å². The minimum absolute atomic E-state index is 0.343. The lowest BCUT2D eigenvalue weighted by molar-refractivity contribution is 0.474. The van der Waals surface area contributed by atoms with Crippen LogP contribution in [0.5, 0.6) is 0 Å². The Morgan fingerprint density at radius 3 is 2.56 bits per heavy atom. The molecule has 0 saturated carbocycles. The molecule has 0 radical (unpaired) electrons. The summed E-state index contributed by atoms with van der Waals surface area (Å²) in [5.41, 5.74) is 2.72. The zero-order valence-corrected chi connectivity index (χ0v) is 11.1. The summed E-state index contributed by atoms with van der Waals surface area (Å²) in [6.07, 6.45) is 6.78. The molecule has 1 heterocycles. The molecule has 1 atom stereocenters. The van der Waals surface area contributed by atoms with E-state index in [1.807, 2.05) is 18.7 Å². The molecular weight excluding hydrogens is 222 g/mol. The molecule has 3 nitrogen and oxygen atoms in total. The molecule has 2 rings (SSSR count). The van der Waals surface area contributed by atoms with E-state index in [4.69, 9.17) is 0 Å². The van der Waals surface area contributed by atoms with Gasteiger partial charge in [-0.05, 0) is 24.1 Å². The van der Waals surface area contributed by atoms with Crippen molar-refractivity contribution in [3.63, 3.8) is 0 Å². The standard InChI is InChI=1S/C15H21N3/c1-3-13-5-7-14(8-6-13)15(17-4-2)11-18-10-9-16-12-18/h5-10,12,15,17H,3-4,11H2,1-2H3. The van der Waals surface area contributed by atoms with Crippen molar-refractivity contribution in [2.45, 2.75) is 32.9 Å². The van der Waals surface area contributed by atoms with Gasteiger partial charge in [0.25, 0.3) is 0 Å². The van der Waals surface area contributed by atoms with E-state index >= 15 is 0 Å². The van der Waals surface area contributed by atoms with E-state index in [2.05, 4.69) is 53.0 Å². The number of benzene rings is 1. The van der Waals surface area contributed by atoms with Crippen LogP contribution in [0, 0.1) is 0 Å². The summed E-state index contributed by atoms with van der Waals surface area (Å²) in [6, 6.07) is 9.22. The number of aromatic nitrogens is 2. The molecular formula is C15H21N3. The second kappa shape index (κ2) is 6.36. The maximum absolute atomic E-state index is 4.09. The number of nitrogens with one attached hydrogen (secondary N) is 1. The normalized spacial score (nSPS) is 12.6. The van der Waals surface area contributed by atoms with E-state index in [1.54, 1.807) is 0 Å². The zero-order valence-electron chi connectivity index (χ0n) is 11.1. The molecule has 1 N–H and O–H groups in total. The first-order valence-electron chi connectivity index (χ1n) is 6.61. The fourth-order valence-corrected chi connectivity index (χ4v) is 2.13. The number of hydrogen-bond acceptors (Lipinski definition) is 2. The van der Waals surface area contributed by atoms with E-state index < -0.39 is 0 Å². The van der Waals surface area contributed by atoms with Gasteiger partial charge in [-0.3, -0.25) is 0 Å². The summed E-state index contributed by atoms with van der Waals surface area (Å²) in [6.45, 7) is 6.21. The predicted molar refractivity (Wildman–Crippen MR) is 74.5 cm³/mol. The number of rotatable bonds is 6. The van der Waals surface area contributed by atoms with Gasteiger partial charge in [-0.25, -0.2) is 4.98 Å². The van der Waals surface area contributed by atoms with Gasteiger partial charge in [0.2, 0.25) is 0 Å². The van der Waals surface area contributed by atoms with E-state index in [0.717, 1.165) is 19.5 Å². The van der Waals surface area contributed by atoms with Crippen LogP contribution in [0.3, 0.4) is 0 Å². The van der Waals surface area contributed by atoms with Crippen LogP contribution >= 0.6 is 0 Å². The van der Waals surface area contributed by atoms with Crippen molar-refractivity contribution in [2.75, 3.05) is 6.54 Å². The summed E-state index contributed by atoms with van der Waals surface area (Å²) in [5.74, 6) is 0. The average molecular weight is 243 g/mol. The van der Waals surface area contributed by atoms with Crippen LogP contribution in [0.1, 0.15) is 31.0 Å². The van der Waals surface area contributed by atoms with Gasteiger partial charge < -0.3 is 9.88 Å². The van der Waals surface area contributed by atoms with Crippen molar-refractivity contribution >= 4 is 0 Å². The van der Waals surface area contributed by atoms with Crippen molar-refractivity contribution in [3.8, 4) is 0 Å². The van der Waals surface area contributed by atoms with E-state index in [1.165, 1.54) is 11.1 Å². The Labute approximate surface area is 109 Å². The summed E-state index contributed by atoms with van der Waals surface area (Å²) in [5, 5.41) is 3.53. The minimum atomic E-state index is 0.343. The highest BCUT2D eigenvalue weighted by molar-refractivity contribution is 5.25. The first kappa shape index (κ1) is 12.8. The van der Waals surface area contributed by atoms with Crippen LogP contribution in [-0.4, -0.2) is 16.1 Å². The van der Waals surface area contributed by atoms with Gasteiger partial charge in [0.05, 0.1) is 12.4 Å². The second-order valence-corrected chi connectivity index (χ2v) is 4.46. The third-order valence-corrected chi connectivity index (χ3v) is 3.19. The van der Waals surface area contributed by atoms with Gasteiger partial charge in [-0.1, -0.05) is 38.1 Å². The summed E-state index contributed by atoms with van der Waals surface area (Å²) in [7, 11) is 0. The molecule has 2 aromatic rings. The largest absolute Gasteiger partial charge is 0.336 e. The third kappa shape index (κ3) is 3.20. The Hall–Kier alpha value is -1.61. The topological polar surface area (TPSA) is 29.9 Å². The molecule has 0 saturated heterocycles. The molecule has 0 aliphatic heterocycles. The third-order valence-electron chi connectivity index (χ3n) is 3.19. The first-order chi connectivity index (χ1) is 8.83. The fraction of sp³-hybridized carbons (Fsp3) is 0.400. The van der Waals surface area contributed by atoms with E-state index in [-0.39, 0.29) is 0 Å². The Morgan fingerprint density at radius 1 is 1.22 bits per heavy atom. The van der Waals surface area contributed by atoms with Crippen LogP contribution in [0.2, 0.25) is 0 Å². The molecule has 18 heavy (non-hydrogen) atoms. The minimum Gasteiger partial charge on any atom is -0.336 e. The highest BCUT2D eigenvalue weighted by atomic mass is 15.1. The Balaban J connectivity index is 2.12. The lowest BCUT2D eigenvalue weighted by Gasteiger charge is -2.19. The highest BCUT2D eigenvalue weighted by Crippen LogP contribution is 2.16. The molecule has 1 aromatic heterocycles. The first-order valence-corrected chi connectivity index (χ1v) is 6.61. The fourth-order valence-electron chi connectivity index (χ4n) is 2.13. The Kier molecular flexibility index (Phi) is 4.53. The van der Waals surface area contributed by atoms with Gasteiger partial charge in [0.1, 0.15) is 0 Å². The SMILES string of the molecule is CCNC(Cn1ccnc1)c1ccc(CC)cc1. The molecule has 0 amide bonds. The smallest absolute Gasteiger partial charge is 0.0946 e. The van der Waals surface area contributed by atoms with E-state index in [0.29, 0.717) is 6.04 Å². The van der Waals surface area contributed by atoms with Crippen molar-refractivity contribution < 1.29 is 0 Å². The molecule has 1 aromatic carbocycles. The molecule has 0 aliphatic rings. The maximum Gasteiger partial charge on any atom is 0.0946 e. The van der Waals surface area contributed by atoms with Gasteiger partial charge in [0.15, 0.2) is 0 Å². The molecule has 0 bridgehead atoms. The van der Waals surface area contributed by atoms with Gasteiger partial charge in [-0.15, -0.1) is 0 Å². The van der Waals surface area contributed by atoms with Crippen LogP contribution in [0.4, 0.5) is 0 Å². The van der Waals surface area contributed by atoms with Crippen LogP contribution in [0.15, 0.2) is 43.0 Å². The molecule has 96 valence electrons. The quantitative estimate of drug-likeness (QED) is 0.845. The lowest BCUT2D eigenvalue weighted by Crippen LogP contribution is -2.25. The predicted octanol–water partition coefficient (Wildman–Crippen LogP) is 2.80.